The number of ether oxygens (including phenoxy) is 2. The average Bonchev–Trinajstić information content (AvgIpc) is 2.99. The lowest BCUT2D eigenvalue weighted by Gasteiger charge is -2.39. The molecule has 1 aromatic carbocycles. The van der Waals surface area contributed by atoms with Gasteiger partial charge in [0, 0.05) is 39.1 Å². The molecule has 0 bridgehead atoms. The van der Waals surface area contributed by atoms with E-state index in [-0.39, 0.29) is 24.1 Å². The number of nitrogens with one attached hydrogen (secondary N) is 1. The molecule has 2 fully saturated rings. The third-order valence-electron chi connectivity index (χ3n) is 6.41. The van der Waals surface area contributed by atoms with Crippen molar-refractivity contribution in [3.63, 3.8) is 0 Å². The molecule has 2 aliphatic rings. The van der Waals surface area contributed by atoms with E-state index in [2.05, 4.69) is 5.32 Å². The standard InChI is InChI=1S/C25H34N4O6/c1-25(2,3)35-24(33)28-13-16(14-28)15-34-12-6-8-17-7-5-9-18-21(17)27(4)23(32)29(18)19-10-11-20(30)26-22(19)31/h5,7,9,16,19H,6,8,10-15H2,1-4H3,(H,26,30,31). The number of aryl methyl sites for hydroxylation is 2. The van der Waals surface area contributed by atoms with Crippen molar-refractivity contribution in [1.82, 2.24) is 19.4 Å². The molecule has 4 rings (SSSR count). The highest BCUT2D eigenvalue weighted by Crippen LogP contribution is 2.26. The number of hydrogen-bond acceptors (Lipinski definition) is 6. The van der Waals surface area contributed by atoms with Crippen LogP contribution in [-0.4, -0.2) is 63.8 Å². The van der Waals surface area contributed by atoms with Crippen LogP contribution in [0.1, 0.15) is 51.6 Å². The molecule has 3 heterocycles. The zero-order chi connectivity index (χ0) is 25.3. The second-order valence-corrected chi connectivity index (χ2v) is 10.4. The number of rotatable bonds is 7. The van der Waals surface area contributed by atoms with Gasteiger partial charge in [0.1, 0.15) is 11.6 Å². The van der Waals surface area contributed by atoms with Crippen LogP contribution in [0, 0.1) is 5.92 Å². The summed E-state index contributed by atoms with van der Waals surface area (Å²) < 4.78 is 14.3. The Hall–Kier alpha value is -3.14. The summed E-state index contributed by atoms with van der Waals surface area (Å²) in [4.78, 5) is 50.6. The lowest BCUT2D eigenvalue weighted by Crippen LogP contribution is -2.53. The van der Waals surface area contributed by atoms with E-state index < -0.39 is 17.6 Å². The third-order valence-corrected chi connectivity index (χ3v) is 6.41. The van der Waals surface area contributed by atoms with E-state index in [9.17, 15) is 19.2 Å². The fourth-order valence-corrected chi connectivity index (χ4v) is 4.72. The molecule has 10 nitrogen and oxygen atoms in total. The number of fused-ring (bicyclic) bond motifs is 1. The summed E-state index contributed by atoms with van der Waals surface area (Å²) in [7, 11) is 1.71. The first-order valence-electron chi connectivity index (χ1n) is 12.1. The van der Waals surface area contributed by atoms with Crippen LogP contribution in [0.4, 0.5) is 4.79 Å². The first kappa shape index (κ1) is 25.0. The highest BCUT2D eigenvalue weighted by atomic mass is 16.6. The van der Waals surface area contributed by atoms with Crippen LogP contribution in [0.25, 0.3) is 11.0 Å². The Labute approximate surface area is 204 Å². The minimum atomic E-state index is -0.690. The molecule has 1 atom stereocenters. The Balaban J connectivity index is 1.31. The second kappa shape index (κ2) is 9.85. The molecule has 1 aromatic heterocycles. The van der Waals surface area contributed by atoms with Gasteiger partial charge in [-0.15, -0.1) is 0 Å². The van der Waals surface area contributed by atoms with Gasteiger partial charge in [-0.1, -0.05) is 12.1 Å². The first-order chi connectivity index (χ1) is 16.5. The molecule has 0 saturated carbocycles. The zero-order valence-electron chi connectivity index (χ0n) is 20.8. The van der Waals surface area contributed by atoms with Crippen LogP contribution in [0.5, 0.6) is 0 Å². The Kier molecular flexibility index (Phi) is 7.02. The lowest BCUT2D eigenvalue weighted by atomic mass is 10.0. The van der Waals surface area contributed by atoms with Crippen molar-refractivity contribution in [2.45, 2.75) is 58.1 Å². The van der Waals surface area contributed by atoms with Gasteiger partial charge in [0.2, 0.25) is 11.8 Å². The van der Waals surface area contributed by atoms with Crippen molar-refractivity contribution in [2.24, 2.45) is 13.0 Å². The van der Waals surface area contributed by atoms with E-state index in [0.29, 0.717) is 44.2 Å². The minimum Gasteiger partial charge on any atom is -0.444 e. The van der Waals surface area contributed by atoms with E-state index in [4.69, 9.17) is 9.47 Å². The Morgan fingerprint density at radius 1 is 1.17 bits per heavy atom. The summed E-state index contributed by atoms with van der Waals surface area (Å²) in [6.45, 7) is 8.01. The molecule has 0 radical (unpaired) electrons. The highest BCUT2D eigenvalue weighted by Gasteiger charge is 2.34. The van der Waals surface area contributed by atoms with Crippen molar-refractivity contribution >= 4 is 28.9 Å². The largest absolute Gasteiger partial charge is 0.444 e. The number of amides is 3. The van der Waals surface area contributed by atoms with Gasteiger partial charge in [-0.05, 0) is 51.7 Å². The SMILES string of the molecule is Cn1c(=O)n(C2CCC(=O)NC2=O)c2cccc(CCCOCC3CN(C(=O)OC(C)(C)C)C3)c21. The van der Waals surface area contributed by atoms with E-state index in [1.165, 1.54) is 4.57 Å². The van der Waals surface area contributed by atoms with Gasteiger partial charge in [-0.25, -0.2) is 9.59 Å². The van der Waals surface area contributed by atoms with Crippen LogP contribution in [0.15, 0.2) is 23.0 Å². The molecule has 0 spiro atoms. The number of imidazole rings is 1. The monoisotopic (exact) mass is 486 g/mol. The summed E-state index contributed by atoms with van der Waals surface area (Å²) in [6, 6.07) is 5.03. The fourth-order valence-electron chi connectivity index (χ4n) is 4.72. The van der Waals surface area contributed by atoms with Gasteiger partial charge in [-0.2, -0.15) is 0 Å². The van der Waals surface area contributed by atoms with Crippen LogP contribution >= 0.6 is 0 Å². The van der Waals surface area contributed by atoms with Crippen LogP contribution < -0.4 is 11.0 Å². The minimum absolute atomic E-state index is 0.215. The van der Waals surface area contributed by atoms with Gasteiger partial charge >= 0.3 is 11.8 Å². The van der Waals surface area contributed by atoms with Gasteiger partial charge in [0.15, 0.2) is 0 Å². The zero-order valence-corrected chi connectivity index (χ0v) is 20.8. The summed E-state index contributed by atoms with van der Waals surface area (Å²) in [6.07, 6.45) is 1.75. The topological polar surface area (TPSA) is 112 Å². The van der Waals surface area contributed by atoms with E-state index in [1.807, 2.05) is 39.0 Å². The van der Waals surface area contributed by atoms with E-state index >= 15 is 0 Å². The van der Waals surface area contributed by atoms with E-state index in [1.54, 1.807) is 16.5 Å². The van der Waals surface area contributed by atoms with Crippen LogP contribution in [-0.2, 0) is 32.5 Å². The number of aromatic nitrogens is 2. The molecular weight excluding hydrogens is 452 g/mol. The molecule has 2 saturated heterocycles. The molecule has 1 N–H and O–H groups in total. The number of hydrogen-bond donors (Lipinski definition) is 1. The summed E-state index contributed by atoms with van der Waals surface area (Å²) in [5.74, 6) is -0.426. The smallest absolute Gasteiger partial charge is 0.410 e. The number of para-hydroxylation sites is 1. The van der Waals surface area contributed by atoms with E-state index in [0.717, 1.165) is 23.9 Å². The van der Waals surface area contributed by atoms with Gasteiger partial charge < -0.3 is 14.4 Å². The number of imide groups is 1. The Bertz CT molecular complexity index is 1190. The maximum absolute atomic E-state index is 13.0. The molecule has 0 aliphatic carbocycles. The van der Waals surface area contributed by atoms with Crippen LogP contribution in [0.3, 0.4) is 0 Å². The van der Waals surface area contributed by atoms with Gasteiger partial charge in [0.05, 0.1) is 17.6 Å². The quantitative estimate of drug-likeness (QED) is 0.474. The summed E-state index contributed by atoms with van der Waals surface area (Å²) >= 11 is 0. The lowest BCUT2D eigenvalue weighted by molar-refractivity contribution is -0.135. The number of benzene rings is 1. The van der Waals surface area contributed by atoms with Gasteiger partial charge in [0.25, 0.3) is 0 Å². The summed E-state index contributed by atoms with van der Waals surface area (Å²) in [5, 5.41) is 2.34. The Morgan fingerprint density at radius 2 is 1.91 bits per heavy atom. The molecule has 35 heavy (non-hydrogen) atoms. The fraction of sp³-hybridized carbons (Fsp3) is 0.600. The summed E-state index contributed by atoms with van der Waals surface area (Å²) in [5.41, 5.74) is 1.75. The molecule has 190 valence electrons. The molecule has 2 aromatic rings. The average molecular weight is 487 g/mol. The maximum Gasteiger partial charge on any atom is 0.410 e. The van der Waals surface area contributed by atoms with Crippen molar-refractivity contribution in [3.8, 4) is 0 Å². The van der Waals surface area contributed by atoms with Crippen molar-refractivity contribution < 1.29 is 23.9 Å². The third kappa shape index (κ3) is 5.42. The predicted octanol–water partition coefficient (Wildman–Crippen LogP) is 2.13. The van der Waals surface area contributed by atoms with Crippen molar-refractivity contribution in [1.29, 1.82) is 0 Å². The second-order valence-electron chi connectivity index (χ2n) is 10.4. The predicted molar refractivity (Wildman–Crippen MR) is 129 cm³/mol. The number of carbonyl (C=O) groups is 3. The number of nitrogens with zero attached hydrogens (tertiary/aromatic N) is 3. The first-order valence-corrected chi connectivity index (χ1v) is 12.1. The number of carbonyl (C=O) groups excluding carboxylic acids is 3. The maximum atomic E-state index is 13.0. The Morgan fingerprint density at radius 3 is 2.60 bits per heavy atom. The molecule has 10 heteroatoms. The number of likely N-dealkylation sites (tertiary alicyclic amines) is 1. The highest BCUT2D eigenvalue weighted by molar-refractivity contribution is 6.00. The van der Waals surface area contributed by atoms with Crippen molar-refractivity contribution in [3.05, 3.63) is 34.2 Å². The van der Waals surface area contributed by atoms with Crippen molar-refractivity contribution in [2.75, 3.05) is 26.3 Å². The van der Waals surface area contributed by atoms with Gasteiger partial charge in [-0.3, -0.25) is 24.0 Å². The number of piperidine rings is 1. The normalized spacial score (nSPS) is 19.1. The van der Waals surface area contributed by atoms with Crippen LogP contribution in [0.2, 0.25) is 0 Å². The molecule has 1 unspecified atom stereocenters. The molecular formula is C25H34N4O6. The molecule has 3 amide bonds. The molecule has 2 aliphatic heterocycles.